The largest absolute Gasteiger partial charge is 0.345 e. The molecule has 1 fully saturated rings. The molecule has 3 aromatic rings. The quantitative estimate of drug-likeness (QED) is 0.671. The molecule has 1 aliphatic rings. The van der Waals surface area contributed by atoms with E-state index in [-0.39, 0.29) is 17.1 Å². The van der Waals surface area contributed by atoms with Crippen LogP contribution in [0.3, 0.4) is 0 Å². The van der Waals surface area contributed by atoms with Crippen LogP contribution in [-0.4, -0.2) is 51.5 Å². The van der Waals surface area contributed by atoms with Crippen molar-refractivity contribution in [1.29, 1.82) is 0 Å². The van der Waals surface area contributed by atoms with Gasteiger partial charge in [0.2, 0.25) is 10.0 Å². The number of pyridine rings is 1. The van der Waals surface area contributed by atoms with Crippen molar-refractivity contribution in [2.24, 2.45) is 11.3 Å². The fourth-order valence-corrected chi connectivity index (χ4v) is 6.27. The van der Waals surface area contributed by atoms with Crippen LogP contribution in [0.4, 0.5) is 0 Å². The number of sulfonamides is 1. The van der Waals surface area contributed by atoms with Crippen molar-refractivity contribution >= 4 is 21.2 Å². The van der Waals surface area contributed by atoms with Crippen LogP contribution in [0.2, 0.25) is 0 Å². The molecular weight excluding hydrogens is 398 g/mol. The zero-order valence-electron chi connectivity index (χ0n) is 17.8. The third kappa shape index (κ3) is 4.70. The fraction of sp³-hybridized carbons (Fsp3) is 0.500. The van der Waals surface area contributed by atoms with E-state index in [0.29, 0.717) is 13.1 Å². The van der Waals surface area contributed by atoms with Crippen LogP contribution in [0.1, 0.15) is 39.3 Å². The molecule has 7 nitrogen and oxygen atoms in total. The highest BCUT2D eigenvalue weighted by Gasteiger charge is 2.32. The Kier molecular flexibility index (Phi) is 5.63. The van der Waals surface area contributed by atoms with E-state index < -0.39 is 10.0 Å². The summed E-state index contributed by atoms with van der Waals surface area (Å²) in [5.74, 6) is 0.416. The second kappa shape index (κ2) is 8.07. The number of rotatable bonds is 5. The molecule has 4 rings (SSSR count). The lowest BCUT2D eigenvalue weighted by molar-refractivity contribution is 0.261. The van der Waals surface area contributed by atoms with Crippen molar-refractivity contribution in [3.05, 3.63) is 42.5 Å². The first kappa shape index (κ1) is 20.9. The van der Waals surface area contributed by atoms with Gasteiger partial charge >= 0.3 is 0 Å². The summed E-state index contributed by atoms with van der Waals surface area (Å²) in [5, 5.41) is 0. The van der Waals surface area contributed by atoms with E-state index in [1.807, 2.05) is 45.2 Å². The van der Waals surface area contributed by atoms with Gasteiger partial charge in [-0.1, -0.05) is 20.8 Å². The third-order valence-corrected chi connectivity index (χ3v) is 7.75. The van der Waals surface area contributed by atoms with Gasteiger partial charge in [-0.05, 0) is 48.8 Å². The zero-order chi connectivity index (χ0) is 21.4. The molecule has 0 spiro atoms. The number of H-pyrrole nitrogens is 1. The first-order valence-electron chi connectivity index (χ1n) is 10.4. The van der Waals surface area contributed by atoms with Gasteiger partial charge in [0.1, 0.15) is 5.52 Å². The highest BCUT2D eigenvalue weighted by atomic mass is 32.2. The van der Waals surface area contributed by atoms with Gasteiger partial charge in [-0.25, -0.2) is 22.7 Å². The van der Waals surface area contributed by atoms with E-state index in [1.165, 1.54) is 0 Å². The van der Waals surface area contributed by atoms with E-state index in [2.05, 4.69) is 15.0 Å². The van der Waals surface area contributed by atoms with Gasteiger partial charge in [0.15, 0.2) is 5.65 Å². The first-order valence-corrected chi connectivity index (χ1v) is 12.0. The summed E-state index contributed by atoms with van der Waals surface area (Å²) in [5.41, 5.74) is 4.02. The molecule has 1 aliphatic heterocycles. The maximum absolute atomic E-state index is 12.9. The van der Waals surface area contributed by atoms with Crippen LogP contribution in [0.5, 0.6) is 0 Å². The number of piperidine rings is 1. The van der Waals surface area contributed by atoms with Gasteiger partial charge < -0.3 is 4.98 Å². The normalized spacial score (nSPS) is 18.7. The van der Waals surface area contributed by atoms with Crippen molar-refractivity contribution in [2.75, 3.05) is 18.8 Å². The predicted molar refractivity (Wildman–Crippen MR) is 118 cm³/mol. The van der Waals surface area contributed by atoms with Crippen LogP contribution in [0, 0.1) is 11.3 Å². The Labute approximate surface area is 178 Å². The van der Waals surface area contributed by atoms with E-state index >= 15 is 0 Å². The monoisotopic (exact) mass is 427 g/mol. The third-order valence-electron chi connectivity index (χ3n) is 5.40. The van der Waals surface area contributed by atoms with E-state index in [0.717, 1.165) is 47.4 Å². The van der Waals surface area contributed by atoms with Crippen LogP contribution < -0.4 is 0 Å². The Hall–Kier alpha value is -2.32. The number of nitrogens with zero attached hydrogens (tertiary/aromatic N) is 4. The van der Waals surface area contributed by atoms with Crippen molar-refractivity contribution in [3.63, 3.8) is 0 Å². The lowest BCUT2D eigenvalue weighted by atomic mass is 9.92. The summed E-state index contributed by atoms with van der Waals surface area (Å²) in [6, 6.07) is 5.82. The van der Waals surface area contributed by atoms with Gasteiger partial charge in [0.25, 0.3) is 0 Å². The first-order chi connectivity index (χ1) is 14.2. The summed E-state index contributed by atoms with van der Waals surface area (Å²) in [4.78, 5) is 16.8. The second-order valence-electron chi connectivity index (χ2n) is 9.35. The molecule has 0 radical (unpaired) electrons. The standard InChI is InChI=1S/C22H29N5O2S/c1-22(2,3)15-30(28,29)27-11-5-6-16(14-27)12-19-17(7-4-9-23-19)20-13-25-21-18(26-20)8-10-24-21/h4,7-10,13,16H,5-6,11-12,14-15H2,1-3H3,(H,24,25)/t16-/m1/s1. The molecule has 1 N–H and O–H groups in total. The Morgan fingerprint density at radius 2 is 2.07 bits per heavy atom. The van der Waals surface area contributed by atoms with Crippen LogP contribution >= 0.6 is 0 Å². The number of hydrogen-bond acceptors (Lipinski definition) is 5. The average Bonchev–Trinajstić information content (AvgIpc) is 3.15. The molecule has 1 atom stereocenters. The summed E-state index contributed by atoms with van der Waals surface area (Å²) in [6.07, 6.45) is 7.99. The van der Waals surface area contributed by atoms with E-state index in [9.17, 15) is 8.42 Å². The maximum Gasteiger partial charge on any atom is 0.214 e. The maximum atomic E-state index is 12.9. The second-order valence-corrected chi connectivity index (χ2v) is 11.3. The van der Waals surface area contributed by atoms with Gasteiger partial charge in [0.05, 0.1) is 23.3 Å². The highest BCUT2D eigenvalue weighted by molar-refractivity contribution is 7.89. The molecule has 0 bridgehead atoms. The number of aromatic amines is 1. The van der Waals surface area contributed by atoms with Crippen LogP contribution in [0.15, 0.2) is 36.8 Å². The summed E-state index contributed by atoms with van der Waals surface area (Å²) >= 11 is 0. The van der Waals surface area contributed by atoms with E-state index in [4.69, 9.17) is 4.98 Å². The SMILES string of the molecule is CC(C)(C)CS(=O)(=O)N1CCC[C@H](Cc2ncccc2-c2cnc3[nH]ccc3n2)C1. The zero-order valence-corrected chi connectivity index (χ0v) is 18.6. The van der Waals surface area contributed by atoms with Gasteiger partial charge in [-0.15, -0.1) is 0 Å². The van der Waals surface area contributed by atoms with Crippen LogP contribution in [0.25, 0.3) is 22.4 Å². The lowest BCUT2D eigenvalue weighted by Gasteiger charge is -2.34. The van der Waals surface area contributed by atoms with E-state index in [1.54, 1.807) is 16.7 Å². The summed E-state index contributed by atoms with van der Waals surface area (Å²) in [7, 11) is -3.26. The Morgan fingerprint density at radius 1 is 1.23 bits per heavy atom. The Bertz CT molecular complexity index is 1130. The van der Waals surface area contributed by atoms with Gasteiger partial charge in [-0.2, -0.15) is 0 Å². The van der Waals surface area contributed by atoms with Crippen molar-refractivity contribution < 1.29 is 8.42 Å². The number of hydrogen-bond donors (Lipinski definition) is 1. The summed E-state index contributed by atoms with van der Waals surface area (Å²) in [6.45, 7) is 7.06. The molecule has 0 aromatic carbocycles. The molecule has 4 heterocycles. The van der Waals surface area contributed by atoms with Gasteiger partial charge in [0, 0.05) is 31.0 Å². The molecule has 0 unspecified atom stereocenters. The predicted octanol–water partition coefficient (Wildman–Crippen LogP) is 3.65. The fourth-order valence-electron chi connectivity index (χ4n) is 4.15. The van der Waals surface area contributed by atoms with Crippen molar-refractivity contribution in [3.8, 4) is 11.3 Å². The Balaban J connectivity index is 1.55. The van der Waals surface area contributed by atoms with Crippen molar-refractivity contribution in [1.82, 2.24) is 24.2 Å². The number of fused-ring (bicyclic) bond motifs is 1. The topological polar surface area (TPSA) is 91.8 Å². The molecule has 8 heteroatoms. The minimum Gasteiger partial charge on any atom is -0.345 e. The van der Waals surface area contributed by atoms with Crippen LogP contribution in [-0.2, 0) is 16.4 Å². The molecular formula is C22H29N5O2S. The molecule has 1 saturated heterocycles. The Morgan fingerprint density at radius 3 is 2.87 bits per heavy atom. The molecule has 0 amide bonds. The van der Waals surface area contributed by atoms with Gasteiger partial charge in [-0.3, -0.25) is 4.98 Å². The molecule has 0 saturated carbocycles. The number of nitrogens with one attached hydrogen (secondary N) is 1. The number of aromatic nitrogens is 4. The minimum atomic E-state index is -3.26. The molecule has 0 aliphatic carbocycles. The average molecular weight is 428 g/mol. The molecule has 3 aromatic heterocycles. The lowest BCUT2D eigenvalue weighted by Crippen LogP contribution is -2.43. The smallest absolute Gasteiger partial charge is 0.214 e. The highest BCUT2D eigenvalue weighted by Crippen LogP contribution is 2.29. The minimum absolute atomic E-state index is 0.174. The molecule has 30 heavy (non-hydrogen) atoms. The molecule has 160 valence electrons. The van der Waals surface area contributed by atoms with Crippen molar-refractivity contribution in [2.45, 2.75) is 40.0 Å². The summed E-state index contributed by atoms with van der Waals surface area (Å²) < 4.78 is 27.4.